The molecule has 7 nitrogen and oxygen atoms in total. The molecule has 0 aliphatic heterocycles. The van der Waals surface area contributed by atoms with Crippen LogP contribution in [0.3, 0.4) is 0 Å². The quantitative estimate of drug-likeness (QED) is 0.795. The predicted octanol–water partition coefficient (Wildman–Crippen LogP) is 2.39. The Morgan fingerprint density at radius 1 is 1.04 bits per heavy atom. The minimum absolute atomic E-state index is 0.122. The summed E-state index contributed by atoms with van der Waals surface area (Å²) in [6, 6.07) is 6.80. The van der Waals surface area contributed by atoms with Crippen LogP contribution in [-0.4, -0.2) is 36.2 Å². The number of hydrogen-bond acceptors (Lipinski definition) is 5. The molecule has 7 heteroatoms. The van der Waals surface area contributed by atoms with E-state index >= 15 is 0 Å². The zero-order valence-corrected chi connectivity index (χ0v) is 15.6. The topological polar surface area (TPSA) is 93.7 Å². The summed E-state index contributed by atoms with van der Waals surface area (Å²) >= 11 is 0. The number of methoxy groups -OCH3 is 1. The first kappa shape index (κ1) is 20.5. The minimum Gasteiger partial charge on any atom is -0.467 e. The van der Waals surface area contributed by atoms with Gasteiger partial charge in [0.1, 0.15) is 11.1 Å². The van der Waals surface area contributed by atoms with Crippen molar-refractivity contribution in [1.29, 1.82) is 0 Å². The highest BCUT2D eigenvalue weighted by molar-refractivity contribution is 5.99. The second-order valence-corrected chi connectivity index (χ2v) is 7.08. The summed E-state index contributed by atoms with van der Waals surface area (Å²) in [5, 5.41) is 5.25. The number of rotatable bonds is 5. The van der Waals surface area contributed by atoms with Gasteiger partial charge in [-0.2, -0.15) is 0 Å². The zero-order chi connectivity index (χ0) is 19.3. The summed E-state index contributed by atoms with van der Waals surface area (Å²) in [4.78, 5) is 36.0. The van der Waals surface area contributed by atoms with Crippen LogP contribution in [0.5, 0.6) is 0 Å². The van der Waals surface area contributed by atoms with E-state index in [4.69, 9.17) is 4.74 Å². The maximum absolute atomic E-state index is 12.5. The molecule has 0 heterocycles. The maximum atomic E-state index is 12.5. The Bertz CT molecular complexity index is 647. The van der Waals surface area contributed by atoms with Crippen LogP contribution in [0.1, 0.15) is 50.5 Å². The molecule has 2 amide bonds. The fourth-order valence-corrected chi connectivity index (χ4v) is 2.03. The van der Waals surface area contributed by atoms with E-state index in [1.165, 1.54) is 7.11 Å². The average Bonchev–Trinajstić information content (AvgIpc) is 2.50. The highest BCUT2D eigenvalue weighted by Gasteiger charge is 2.31. The smallest absolute Gasteiger partial charge is 0.407 e. The van der Waals surface area contributed by atoms with Crippen LogP contribution in [0.2, 0.25) is 0 Å². The third-order valence-corrected chi connectivity index (χ3v) is 3.21. The van der Waals surface area contributed by atoms with Crippen LogP contribution in [0, 0.1) is 0 Å². The van der Waals surface area contributed by atoms with E-state index in [9.17, 15) is 14.4 Å². The molecule has 1 aromatic carbocycles. The van der Waals surface area contributed by atoms with E-state index in [0.29, 0.717) is 11.1 Å². The van der Waals surface area contributed by atoms with Gasteiger partial charge in [-0.15, -0.1) is 0 Å². The van der Waals surface area contributed by atoms with E-state index in [1.54, 1.807) is 58.9 Å². The molecule has 0 saturated carbocycles. The molecule has 0 aromatic heterocycles. The number of alkyl carbamates (subject to hydrolysis) is 1. The van der Waals surface area contributed by atoms with Crippen LogP contribution in [0.4, 0.5) is 4.79 Å². The van der Waals surface area contributed by atoms with Crippen LogP contribution < -0.4 is 10.6 Å². The second kappa shape index (κ2) is 8.00. The highest BCUT2D eigenvalue weighted by Crippen LogP contribution is 2.13. The Balaban J connectivity index is 2.84. The third-order valence-electron chi connectivity index (χ3n) is 3.21. The van der Waals surface area contributed by atoms with Crippen LogP contribution in [-0.2, 0) is 20.8 Å². The SMILES string of the molecule is COC(=O)C(C)(C)NC(=O)c1ccccc1CNC(=O)OC(C)(C)C. The molecule has 0 aliphatic carbocycles. The summed E-state index contributed by atoms with van der Waals surface area (Å²) < 4.78 is 9.85. The Morgan fingerprint density at radius 2 is 1.64 bits per heavy atom. The summed E-state index contributed by atoms with van der Waals surface area (Å²) in [6.45, 7) is 8.53. The molecule has 0 atom stereocenters. The number of ether oxygens (including phenoxy) is 2. The van der Waals surface area contributed by atoms with E-state index in [1.807, 2.05) is 0 Å². The first-order valence-electron chi connectivity index (χ1n) is 7.92. The molecule has 0 bridgehead atoms. The van der Waals surface area contributed by atoms with Crippen LogP contribution in [0.15, 0.2) is 24.3 Å². The fourth-order valence-electron chi connectivity index (χ4n) is 2.03. The lowest BCUT2D eigenvalue weighted by Crippen LogP contribution is -2.50. The molecule has 0 fully saturated rings. The van der Waals surface area contributed by atoms with Gasteiger partial charge in [0.05, 0.1) is 7.11 Å². The van der Waals surface area contributed by atoms with Crippen LogP contribution in [0.25, 0.3) is 0 Å². The predicted molar refractivity (Wildman–Crippen MR) is 93.1 cm³/mol. The lowest BCUT2D eigenvalue weighted by Gasteiger charge is -2.24. The van der Waals surface area contributed by atoms with E-state index in [2.05, 4.69) is 15.4 Å². The zero-order valence-electron chi connectivity index (χ0n) is 15.6. The van der Waals surface area contributed by atoms with Crippen molar-refractivity contribution in [3.05, 3.63) is 35.4 Å². The third kappa shape index (κ3) is 6.45. The van der Waals surface area contributed by atoms with Crippen molar-refractivity contribution >= 4 is 18.0 Å². The standard InChI is InChI=1S/C18H26N2O5/c1-17(2,3)25-16(23)19-11-12-9-7-8-10-13(12)14(21)20-18(4,5)15(22)24-6/h7-10H,11H2,1-6H3,(H,19,23)(H,20,21). The molecular formula is C18H26N2O5. The number of carbonyl (C=O) groups is 3. The number of benzene rings is 1. The van der Waals surface area contributed by atoms with Crippen molar-refractivity contribution < 1.29 is 23.9 Å². The average molecular weight is 350 g/mol. The summed E-state index contributed by atoms with van der Waals surface area (Å²) in [5.41, 5.74) is -0.815. The van der Waals surface area contributed by atoms with E-state index in [0.717, 1.165) is 0 Å². The van der Waals surface area contributed by atoms with Gasteiger partial charge in [-0.3, -0.25) is 4.79 Å². The van der Waals surface area contributed by atoms with Crippen molar-refractivity contribution in [2.24, 2.45) is 0 Å². The van der Waals surface area contributed by atoms with Gasteiger partial charge in [-0.05, 0) is 46.2 Å². The highest BCUT2D eigenvalue weighted by atomic mass is 16.6. The van der Waals surface area contributed by atoms with Crippen LogP contribution >= 0.6 is 0 Å². The molecule has 1 aromatic rings. The molecule has 0 radical (unpaired) electrons. The van der Waals surface area contributed by atoms with Crippen molar-refractivity contribution in [2.45, 2.75) is 52.3 Å². The largest absolute Gasteiger partial charge is 0.467 e. The van der Waals surface area contributed by atoms with E-state index < -0.39 is 29.1 Å². The van der Waals surface area contributed by atoms with Crippen molar-refractivity contribution in [3.8, 4) is 0 Å². The second-order valence-electron chi connectivity index (χ2n) is 7.08. The maximum Gasteiger partial charge on any atom is 0.407 e. The summed E-state index contributed by atoms with van der Waals surface area (Å²) in [5.74, 6) is -0.984. The van der Waals surface area contributed by atoms with Gasteiger partial charge >= 0.3 is 12.1 Å². The Morgan fingerprint density at radius 3 is 2.20 bits per heavy atom. The normalized spacial score (nSPS) is 11.4. The summed E-state index contributed by atoms with van der Waals surface area (Å²) in [7, 11) is 1.26. The number of esters is 1. The lowest BCUT2D eigenvalue weighted by molar-refractivity contribution is -0.146. The van der Waals surface area contributed by atoms with Gasteiger partial charge in [-0.1, -0.05) is 18.2 Å². The molecular weight excluding hydrogens is 324 g/mol. The fraction of sp³-hybridized carbons (Fsp3) is 0.500. The molecule has 2 N–H and O–H groups in total. The van der Waals surface area contributed by atoms with Gasteiger partial charge < -0.3 is 20.1 Å². The first-order chi connectivity index (χ1) is 11.5. The Hall–Kier alpha value is -2.57. The molecule has 0 unspecified atom stereocenters. The number of carbonyl (C=O) groups excluding carboxylic acids is 3. The number of amides is 2. The Labute approximate surface area is 148 Å². The molecule has 0 aliphatic rings. The first-order valence-corrected chi connectivity index (χ1v) is 7.92. The monoisotopic (exact) mass is 350 g/mol. The molecule has 138 valence electrons. The molecule has 1 rings (SSSR count). The van der Waals surface area contributed by atoms with Gasteiger partial charge in [0, 0.05) is 12.1 Å². The van der Waals surface area contributed by atoms with E-state index in [-0.39, 0.29) is 6.54 Å². The van der Waals surface area contributed by atoms with Gasteiger partial charge in [-0.25, -0.2) is 9.59 Å². The molecule has 0 spiro atoms. The van der Waals surface area contributed by atoms with Crippen molar-refractivity contribution in [3.63, 3.8) is 0 Å². The minimum atomic E-state index is -1.17. The summed E-state index contributed by atoms with van der Waals surface area (Å²) in [6.07, 6.45) is -0.572. The lowest BCUT2D eigenvalue weighted by atomic mass is 10.0. The van der Waals surface area contributed by atoms with Gasteiger partial charge in [0.2, 0.25) is 0 Å². The van der Waals surface area contributed by atoms with Crippen molar-refractivity contribution in [1.82, 2.24) is 10.6 Å². The van der Waals surface area contributed by atoms with Gasteiger partial charge in [0.25, 0.3) is 5.91 Å². The van der Waals surface area contributed by atoms with Gasteiger partial charge in [0.15, 0.2) is 0 Å². The molecule has 25 heavy (non-hydrogen) atoms. The number of nitrogens with one attached hydrogen (secondary N) is 2. The Kier molecular flexibility index (Phi) is 6.55. The number of hydrogen-bond donors (Lipinski definition) is 2. The van der Waals surface area contributed by atoms with Crippen molar-refractivity contribution in [2.75, 3.05) is 7.11 Å². The molecule has 0 saturated heterocycles.